The fourth-order valence-corrected chi connectivity index (χ4v) is 4.25. The number of phenolic OH excluding ortho intramolecular Hbond substituents is 1. The van der Waals surface area contributed by atoms with Gasteiger partial charge >= 0.3 is 18.3 Å². The zero-order valence-corrected chi connectivity index (χ0v) is 21.9. The maximum absolute atomic E-state index is 13.2. The third kappa shape index (κ3) is 7.09. The first-order valence-corrected chi connectivity index (χ1v) is 12.4. The molecule has 0 aliphatic carbocycles. The Hall–Kier alpha value is -4.80. The largest absolute Gasteiger partial charge is 0.507 e. The van der Waals surface area contributed by atoms with Crippen molar-refractivity contribution < 1.29 is 45.8 Å². The molecule has 0 saturated heterocycles. The fraction of sp³-hybridized carbons (Fsp3) is 0.161. The number of benzene rings is 4. The standard InChI is InChI=1S/C31H23F6NO4/c1-42-28(40)17-26(21-4-2-18(3-5-21)19-6-11-23(12-7-19)30(32,33)34)38-29(41)25-16-22(10-15-27(25)39)20-8-13-24(14-9-20)31(35,36)37/h2-16,26,39H,17H2,1H3,(H,38,41). The van der Waals surface area contributed by atoms with Gasteiger partial charge in [-0.2, -0.15) is 26.3 Å². The van der Waals surface area contributed by atoms with Crippen LogP contribution in [0.2, 0.25) is 0 Å². The highest BCUT2D eigenvalue weighted by atomic mass is 19.4. The Morgan fingerprint density at radius 2 is 1.14 bits per heavy atom. The molecule has 0 aliphatic rings. The van der Waals surface area contributed by atoms with Gasteiger partial charge < -0.3 is 15.2 Å². The van der Waals surface area contributed by atoms with Gasteiger partial charge in [-0.1, -0.05) is 54.6 Å². The average molecular weight is 588 g/mol. The van der Waals surface area contributed by atoms with Crippen molar-refractivity contribution >= 4 is 11.9 Å². The fourth-order valence-electron chi connectivity index (χ4n) is 4.25. The molecular formula is C31H23F6NO4. The lowest BCUT2D eigenvalue weighted by Crippen LogP contribution is -2.30. The maximum atomic E-state index is 13.2. The number of carbonyl (C=O) groups excluding carboxylic acids is 2. The van der Waals surface area contributed by atoms with Crippen LogP contribution in [0.25, 0.3) is 22.3 Å². The van der Waals surface area contributed by atoms with E-state index in [4.69, 9.17) is 4.74 Å². The topological polar surface area (TPSA) is 75.6 Å². The van der Waals surface area contributed by atoms with E-state index in [0.717, 1.165) is 24.3 Å². The molecule has 1 atom stereocenters. The minimum absolute atomic E-state index is 0.177. The van der Waals surface area contributed by atoms with Gasteiger partial charge in [0.05, 0.1) is 36.3 Å². The van der Waals surface area contributed by atoms with E-state index in [1.54, 1.807) is 24.3 Å². The minimum Gasteiger partial charge on any atom is -0.507 e. The molecule has 4 aromatic rings. The first kappa shape index (κ1) is 30.2. The number of methoxy groups -OCH3 is 1. The molecule has 11 heteroatoms. The molecule has 218 valence electrons. The Morgan fingerprint density at radius 1 is 0.714 bits per heavy atom. The van der Waals surface area contributed by atoms with Gasteiger partial charge in [0.2, 0.25) is 0 Å². The number of aromatic hydroxyl groups is 1. The highest BCUT2D eigenvalue weighted by Crippen LogP contribution is 2.33. The van der Waals surface area contributed by atoms with Gasteiger partial charge in [0.1, 0.15) is 5.75 Å². The molecule has 0 aromatic heterocycles. The molecule has 4 rings (SSSR count). The van der Waals surface area contributed by atoms with E-state index >= 15 is 0 Å². The second-order valence-corrected chi connectivity index (χ2v) is 9.31. The van der Waals surface area contributed by atoms with Crippen molar-refractivity contribution in [1.29, 1.82) is 0 Å². The molecule has 5 nitrogen and oxygen atoms in total. The van der Waals surface area contributed by atoms with E-state index in [-0.39, 0.29) is 12.0 Å². The van der Waals surface area contributed by atoms with Gasteiger partial charge in [0.25, 0.3) is 5.91 Å². The van der Waals surface area contributed by atoms with Crippen LogP contribution in [-0.2, 0) is 21.9 Å². The van der Waals surface area contributed by atoms with Gasteiger partial charge in [0, 0.05) is 0 Å². The van der Waals surface area contributed by atoms with Crippen LogP contribution in [0, 0.1) is 0 Å². The highest BCUT2D eigenvalue weighted by molar-refractivity contribution is 5.98. The summed E-state index contributed by atoms with van der Waals surface area (Å²) in [4.78, 5) is 25.3. The number of carbonyl (C=O) groups is 2. The molecule has 1 amide bonds. The molecule has 0 radical (unpaired) electrons. The number of halogens is 6. The van der Waals surface area contributed by atoms with Crippen molar-refractivity contribution in [2.45, 2.75) is 24.8 Å². The summed E-state index contributed by atoms with van der Waals surface area (Å²) in [6.07, 6.45) is -9.25. The molecule has 0 saturated carbocycles. The van der Waals surface area contributed by atoms with Crippen molar-refractivity contribution in [2.24, 2.45) is 0 Å². The van der Waals surface area contributed by atoms with Crippen molar-refractivity contribution in [1.82, 2.24) is 5.32 Å². The summed E-state index contributed by atoms with van der Waals surface area (Å²) >= 11 is 0. The van der Waals surface area contributed by atoms with E-state index < -0.39 is 47.1 Å². The van der Waals surface area contributed by atoms with Crippen molar-refractivity contribution in [2.75, 3.05) is 7.11 Å². The zero-order valence-electron chi connectivity index (χ0n) is 21.9. The normalized spacial score (nSPS) is 12.5. The van der Waals surface area contributed by atoms with Crippen LogP contribution in [0.15, 0.2) is 91.0 Å². The Bertz CT molecular complexity index is 1560. The lowest BCUT2D eigenvalue weighted by Gasteiger charge is -2.19. The monoisotopic (exact) mass is 587 g/mol. The molecule has 1 unspecified atom stereocenters. The molecule has 0 aliphatic heterocycles. The van der Waals surface area contributed by atoms with E-state index in [1.807, 2.05) is 0 Å². The summed E-state index contributed by atoms with van der Waals surface area (Å²) in [6.45, 7) is 0. The lowest BCUT2D eigenvalue weighted by molar-refractivity contribution is -0.141. The molecule has 0 fully saturated rings. The Kier molecular flexibility index (Phi) is 8.60. The van der Waals surface area contributed by atoms with Crippen LogP contribution in [0.5, 0.6) is 5.75 Å². The van der Waals surface area contributed by atoms with E-state index in [1.165, 1.54) is 49.6 Å². The molecule has 0 heterocycles. The summed E-state index contributed by atoms with van der Waals surface area (Å²) in [5, 5.41) is 13.0. The van der Waals surface area contributed by atoms with Crippen molar-refractivity contribution in [3.63, 3.8) is 0 Å². The van der Waals surface area contributed by atoms with Crippen LogP contribution in [0.4, 0.5) is 26.3 Å². The second-order valence-electron chi connectivity index (χ2n) is 9.31. The third-order valence-electron chi connectivity index (χ3n) is 6.55. The quantitative estimate of drug-likeness (QED) is 0.171. The molecule has 0 spiro atoms. The summed E-state index contributed by atoms with van der Waals surface area (Å²) < 4.78 is 82.2. The molecule has 2 N–H and O–H groups in total. The van der Waals surface area contributed by atoms with Gasteiger partial charge in [-0.25, -0.2) is 0 Å². The Balaban J connectivity index is 1.58. The second kappa shape index (κ2) is 12.0. The van der Waals surface area contributed by atoms with Crippen LogP contribution in [0.1, 0.15) is 39.5 Å². The lowest BCUT2D eigenvalue weighted by atomic mass is 9.97. The van der Waals surface area contributed by atoms with Gasteiger partial charge in [-0.15, -0.1) is 0 Å². The van der Waals surface area contributed by atoms with Gasteiger partial charge in [-0.05, 0) is 64.2 Å². The Morgan fingerprint density at radius 3 is 1.60 bits per heavy atom. The average Bonchev–Trinajstić information content (AvgIpc) is 2.96. The first-order valence-electron chi connectivity index (χ1n) is 12.4. The number of amides is 1. The number of ether oxygens (including phenoxy) is 1. The molecule has 0 bridgehead atoms. The van der Waals surface area contributed by atoms with E-state index in [0.29, 0.717) is 27.8 Å². The predicted octanol–water partition coefficient (Wildman–Crippen LogP) is 7.80. The minimum atomic E-state index is -4.51. The van der Waals surface area contributed by atoms with Crippen molar-refractivity contribution in [3.8, 4) is 28.0 Å². The number of phenols is 1. The number of hydrogen-bond donors (Lipinski definition) is 2. The van der Waals surface area contributed by atoms with Crippen LogP contribution in [0.3, 0.4) is 0 Å². The van der Waals surface area contributed by atoms with Crippen LogP contribution in [-0.4, -0.2) is 24.1 Å². The number of esters is 1. The predicted molar refractivity (Wildman–Crippen MR) is 142 cm³/mol. The van der Waals surface area contributed by atoms with E-state index in [2.05, 4.69) is 5.32 Å². The molecular weight excluding hydrogens is 564 g/mol. The summed E-state index contributed by atoms with van der Waals surface area (Å²) in [5.41, 5.74) is 0.545. The smallest absolute Gasteiger partial charge is 0.416 e. The summed E-state index contributed by atoms with van der Waals surface area (Å²) in [6, 6.07) is 18.4. The van der Waals surface area contributed by atoms with Gasteiger partial charge in [0.15, 0.2) is 0 Å². The van der Waals surface area contributed by atoms with Crippen molar-refractivity contribution in [3.05, 3.63) is 113 Å². The maximum Gasteiger partial charge on any atom is 0.416 e. The summed E-state index contributed by atoms with van der Waals surface area (Å²) in [7, 11) is 1.17. The number of hydrogen-bond acceptors (Lipinski definition) is 4. The van der Waals surface area contributed by atoms with Crippen LogP contribution < -0.4 is 5.32 Å². The number of rotatable bonds is 7. The third-order valence-corrected chi connectivity index (χ3v) is 6.55. The van der Waals surface area contributed by atoms with Gasteiger partial charge in [-0.3, -0.25) is 9.59 Å². The molecule has 4 aromatic carbocycles. The number of alkyl halides is 6. The zero-order chi connectivity index (χ0) is 30.7. The SMILES string of the molecule is COC(=O)CC(NC(=O)c1cc(-c2ccc(C(F)(F)F)cc2)ccc1O)c1ccc(-c2ccc(C(F)(F)F)cc2)cc1. The molecule has 42 heavy (non-hydrogen) atoms. The summed E-state index contributed by atoms with van der Waals surface area (Å²) in [5.74, 6) is -1.80. The Labute approximate surface area is 236 Å². The van der Waals surface area contributed by atoms with Crippen LogP contribution >= 0.6 is 0 Å². The van der Waals surface area contributed by atoms with E-state index in [9.17, 15) is 41.0 Å². The first-order chi connectivity index (χ1) is 19.8. The number of nitrogens with one attached hydrogen (secondary N) is 1. The highest BCUT2D eigenvalue weighted by Gasteiger charge is 2.31.